The molecule has 0 unspecified atom stereocenters. The average molecular weight is 567 g/mol. The van der Waals surface area contributed by atoms with Gasteiger partial charge in [0, 0.05) is 39.5 Å². The molecule has 0 radical (unpaired) electrons. The van der Waals surface area contributed by atoms with E-state index < -0.39 is 24.5 Å². The summed E-state index contributed by atoms with van der Waals surface area (Å²) < 4.78 is 7.88. The number of rotatable bonds is 12. The smallest absolute Gasteiger partial charge is 0.167 e. The lowest BCUT2D eigenvalue weighted by atomic mass is 9.86. The predicted molar refractivity (Wildman–Crippen MR) is 160 cm³/mol. The Morgan fingerprint density at radius 2 is 1.76 bits per heavy atom. The number of aromatic nitrogens is 4. The third kappa shape index (κ3) is 7.30. The fourth-order valence-corrected chi connectivity index (χ4v) is 5.33. The summed E-state index contributed by atoms with van der Waals surface area (Å²) in [5.41, 5.74) is 3.57. The summed E-state index contributed by atoms with van der Waals surface area (Å²) in [5, 5.41) is 21.8. The number of aliphatic hydroxyl groups excluding tert-OH is 2. The number of nitrogens with zero attached hydrogens (tertiary/aromatic N) is 6. The largest absolute Gasteiger partial charge is 0.387 e. The summed E-state index contributed by atoms with van der Waals surface area (Å²) >= 11 is 0. The molecule has 2 N–H and O–H groups in total. The highest BCUT2D eigenvalue weighted by Gasteiger charge is 2.45. The summed E-state index contributed by atoms with van der Waals surface area (Å²) in [7, 11) is 3.76. The van der Waals surface area contributed by atoms with Gasteiger partial charge < -0.3 is 19.8 Å². The molecule has 10 heteroatoms. The summed E-state index contributed by atoms with van der Waals surface area (Å²) in [6.45, 7) is 12.0. The van der Waals surface area contributed by atoms with Crippen LogP contribution in [0.5, 0.6) is 0 Å². The number of imidazole rings is 1. The van der Waals surface area contributed by atoms with Gasteiger partial charge in [-0.15, -0.1) is 0 Å². The molecular formula is C31H46N6O4. The second kappa shape index (κ2) is 12.9. The van der Waals surface area contributed by atoms with Crippen molar-refractivity contribution in [3.8, 4) is 0 Å². The van der Waals surface area contributed by atoms with E-state index in [1.807, 2.05) is 19.0 Å². The number of benzene rings is 1. The predicted octanol–water partition coefficient (Wildman–Crippen LogP) is 3.50. The normalized spacial score (nSPS) is 21.3. The lowest BCUT2D eigenvalue weighted by Crippen LogP contribution is -2.43. The monoisotopic (exact) mass is 566 g/mol. The van der Waals surface area contributed by atoms with Crippen molar-refractivity contribution in [2.24, 2.45) is 0 Å². The van der Waals surface area contributed by atoms with Crippen molar-refractivity contribution < 1.29 is 19.7 Å². The molecule has 41 heavy (non-hydrogen) atoms. The average Bonchev–Trinajstić information content (AvgIpc) is 3.46. The van der Waals surface area contributed by atoms with Gasteiger partial charge in [-0.2, -0.15) is 0 Å². The Balaban J connectivity index is 1.30. The number of aliphatic hydroxyl groups is 2. The summed E-state index contributed by atoms with van der Waals surface area (Å²) in [5.74, 6) is 0.917. The molecule has 1 aliphatic heterocycles. The van der Waals surface area contributed by atoms with Gasteiger partial charge in [0.1, 0.15) is 30.4 Å². The SMILES string of the molecule is CC(C)N(CCCCC(=O)Cc1ccc(C(C)(C)C)cc1)C[C@H]1O[C@@H](n2cnc3c(N(C)C)ncnc32)[C@H](O)[C@H]1O. The van der Waals surface area contributed by atoms with Crippen LogP contribution in [-0.4, -0.2) is 92.0 Å². The molecule has 10 nitrogen and oxygen atoms in total. The van der Waals surface area contributed by atoms with Gasteiger partial charge in [-0.1, -0.05) is 45.0 Å². The Bertz CT molecular complexity index is 1300. The van der Waals surface area contributed by atoms with Crippen LogP contribution in [0, 0.1) is 0 Å². The second-order valence-electron chi connectivity index (χ2n) is 12.7. The first-order valence-electron chi connectivity index (χ1n) is 14.6. The van der Waals surface area contributed by atoms with E-state index in [-0.39, 0.29) is 17.2 Å². The van der Waals surface area contributed by atoms with Gasteiger partial charge in [-0.05, 0) is 49.8 Å². The highest BCUT2D eigenvalue weighted by atomic mass is 16.6. The van der Waals surface area contributed by atoms with Crippen LogP contribution in [0.25, 0.3) is 11.2 Å². The molecular weight excluding hydrogens is 520 g/mol. The topological polar surface area (TPSA) is 117 Å². The molecule has 0 spiro atoms. The van der Waals surface area contributed by atoms with Gasteiger partial charge in [0.15, 0.2) is 23.2 Å². The van der Waals surface area contributed by atoms with E-state index in [0.29, 0.717) is 36.4 Å². The standard InChI is InChI=1S/C31H46N6O4/c1-20(2)36(15-9-8-10-23(38)16-21-11-13-22(14-12-21)31(3,4)5)17-24-26(39)27(40)30(41-24)37-19-34-25-28(35(6)7)32-18-33-29(25)37/h11-14,18-20,24,26-27,30,39-40H,8-10,15-17H2,1-7H3/t24-,26+,27-,30-/m1/s1. The van der Waals surface area contributed by atoms with Crippen LogP contribution in [0.2, 0.25) is 0 Å². The summed E-state index contributed by atoms with van der Waals surface area (Å²) in [6.07, 6.45) is 2.12. The lowest BCUT2D eigenvalue weighted by molar-refractivity contribution is -0.118. The van der Waals surface area contributed by atoms with Crippen molar-refractivity contribution in [2.75, 3.05) is 32.1 Å². The van der Waals surface area contributed by atoms with Crippen LogP contribution in [0.15, 0.2) is 36.9 Å². The molecule has 0 bridgehead atoms. The minimum Gasteiger partial charge on any atom is -0.387 e. The second-order valence-corrected chi connectivity index (χ2v) is 12.7. The van der Waals surface area contributed by atoms with E-state index in [9.17, 15) is 15.0 Å². The number of hydrogen-bond donors (Lipinski definition) is 2. The van der Waals surface area contributed by atoms with Gasteiger partial charge in [-0.3, -0.25) is 14.3 Å². The van der Waals surface area contributed by atoms with E-state index in [4.69, 9.17) is 4.74 Å². The number of hydrogen-bond acceptors (Lipinski definition) is 9. The molecule has 224 valence electrons. The number of Topliss-reactive ketones (excluding diaryl/α,β-unsaturated/α-hetero) is 1. The maximum atomic E-state index is 12.6. The van der Waals surface area contributed by atoms with Crippen molar-refractivity contribution in [1.82, 2.24) is 24.4 Å². The molecule has 1 aliphatic rings. The fourth-order valence-electron chi connectivity index (χ4n) is 5.33. The number of anilines is 1. The van der Waals surface area contributed by atoms with Gasteiger partial charge >= 0.3 is 0 Å². The first-order chi connectivity index (χ1) is 19.4. The molecule has 4 rings (SSSR count). The van der Waals surface area contributed by atoms with Gasteiger partial charge in [0.25, 0.3) is 0 Å². The van der Waals surface area contributed by atoms with E-state index in [2.05, 4.69) is 78.7 Å². The minimum absolute atomic E-state index is 0.0994. The maximum absolute atomic E-state index is 12.6. The Kier molecular flexibility index (Phi) is 9.79. The van der Waals surface area contributed by atoms with E-state index in [1.54, 1.807) is 10.9 Å². The fraction of sp³-hybridized carbons (Fsp3) is 0.613. The van der Waals surface area contributed by atoms with E-state index >= 15 is 0 Å². The molecule has 1 fully saturated rings. The number of carbonyl (C=O) groups excluding carboxylic acids is 1. The lowest BCUT2D eigenvalue weighted by Gasteiger charge is -2.30. The molecule has 3 heterocycles. The molecule has 3 aromatic rings. The number of unbranched alkanes of at least 4 members (excludes halogenated alkanes) is 1. The Labute approximate surface area is 243 Å². The first-order valence-corrected chi connectivity index (χ1v) is 14.6. The quantitative estimate of drug-likeness (QED) is 0.318. The first kappa shape index (κ1) is 31.0. The van der Waals surface area contributed by atoms with Crippen LogP contribution in [-0.2, 0) is 21.4 Å². The van der Waals surface area contributed by atoms with Crippen molar-refractivity contribution >= 4 is 22.8 Å². The van der Waals surface area contributed by atoms with Gasteiger partial charge in [0.2, 0.25) is 0 Å². The summed E-state index contributed by atoms with van der Waals surface area (Å²) in [4.78, 5) is 29.8. The Hall–Kier alpha value is -2.92. The molecule has 0 amide bonds. The van der Waals surface area contributed by atoms with Crippen molar-refractivity contribution in [2.45, 2.75) is 96.3 Å². The van der Waals surface area contributed by atoms with E-state index in [0.717, 1.165) is 24.9 Å². The third-order valence-electron chi connectivity index (χ3n) is 7.89. The molecule has 1 saturated heterocycles. The minimum atomic E-state index is -1.13. The van der Waals surface area contributed by atoms with Crippen molar-refractivity contribution in [3.05, 3.63) is 48.0 Å². The molecule has 0 aliphatic carbocycles. The molecule has 0 saturated carbocycles. The zero-order chi connectivity index (χ0) is 29.9. The van der Waals surface area contributed by atoms with Crippen LogP contribution in [0.1, 0.15) is 71.2 Å². The zero-order valence-electron chi connectivity index (χ0n) is 25.5. The van der Waals surface area contributed by atoms with Gasteiger partial charge in [-0.25, -0.2) is 15.0 Å². The number of carbonyl (C=O) groups is 1. The molecule has 4 atom stereocenters. The van der Waals surface area contributed by atoms with E-state index in [1.165, 1.54) is 11.9 Å². The van der Waals surface area contributed by atoms with Crippen LogP contribution >= 0.6 is 0 Å². The highest BCUT2D eigenvalue weighted by Crippen LogP contribution is 2.33. The maximum Gasteiger partial charge on any atom is 0.167 e. The Morgan fingerprint density at radius 1 is 1.05 bits per heavy atom. The van der Waals surface area contributed by atoms with Gasteiger partial charge in [0.05, 0.1) is 6.33 Å². The number of ketones is 1. The Morgan fingerprint density at radius 3 is 2.39 bits per heavy atom. The van der Waals surface area contributed by atoms with Crippen LogP contribution in [0.4, 0.5) is 5.82 Å². The molecule has 1 aromatic carbocycles. The van der Waals surface area contributed by atoms with Crippen molar-refractivity contribution in [1.29, 1.82) is 0 Å². The molecule has 2 aromatic heterocycles. The number of ether oxygens (including phenoxy) is 1. The third-order valence-corrected chi connectivity index (χ3v) is 7.89. The van der Waals surface area contributed by atoms with Crippen LogP contribution < -0.4 is 4.90 Å². The van der Waals surface area contributed by atoms with Crippen LogP contribution in [0.3, 0.4) is 0 Å². The van der Waals surface area contributed by atoms with Crippen molar-refractivity contribution in [3.63, 3.8) is 0 Å². The summed E-state index contributed by atoms with van der Waals surface area (Å²) in [6, 6.07) is 8.58. The number of fused-ring (bicyclic) bond motifs is 1. The highest BCUT2D eigenvalue weighted by molar-refractivity contribution is 5.83. The zero-order valence-corrected chi connectivity index (χ0v) is 25.5.